The van der Waals surface area contributed by atoms with Crippen molar-refractivity contribution in [3.63, 3.8) is 0 Å². The highest BCUT2D eigenvalue weighted by Crippen LogP contribution is 2.15. The van der Waals surface area contributed by atoms with Gasteiger partial charge in [0.1, 0.15) is 0 Å². The van der Waals surface area contributed by atoms with Crippen LogP contribution in [0, 0.1) is 35.5 Å². The van der Waals surface area contributed by atoms with Gasteiger partial charge < -0.3 is 5.73 Å². The summed E-state index contributed by atoms with van der Waals surface area (Å²) in [5, 5.41) is 0. The van der Waals surface area contributed by atoms with Crippen LogP contribution in [0.1, 0.15) is 90.4 Å². The van der Waals surface area contributed by atoms with E-state index in [0.29, 0.717) is 19.3 Å². The molecule has 0 spiro atoms. The number of nitrogens with two attached hydrogens (primary N) is 1. The summed E-state index contributed by atoms with van der Waals surface area (Å²) in [5.41, 5.74) is 5.52. The minimum absolute atomic E-state index is 0.158. The number of likely N-dealkylation sites (tertiary alicyclic amines) is 1. The predicted octanol–water partition coefficient (Wildman–Crippen LogP) is 4.26. The van der Waals surface area contributed by atoms with Crippen molar-refractivity contribution in [1.29, 1.82) is 0 Å². The van der Waals surface area contributed by atoms with Crippen molar-refractivity contribution in [3.05, 3.63) is 0 Å². The van der Waals surface area contributed by atoms with Crippen molar-refractivity contribution in [1.82, 2.24) is 4.90 Å². The topological polar surface area (TPSA) is 46.3 Å². The van der Waals surface area contributed by atoms with Crippen LogP contribution in [-0.4, -0.2) is 29.9 Å². The van der Waals surface area contributed by atoms with Gasteiger partial charge >= 0.3 is 0 Å². The first-order chi connectivity index (χ1) is 13.3. The number of unbranched alkanes of at least 4 members (excludes halogenated alkanes) is 6. The molecule has 1 atom stereocenters. The maximum atomic E-state index is 11.6. The van der Waals surface area contributed by atoms with Crippen molar-refractivity contribution < 1.29 is 4.79 Å². The maximum Gasteiger partial charge on any atom is 0.234 e. The molecule has 1 unspecified atom stereocenters. The number of nitrogens with zero attached hydrogens (tertiary/aromatic N) is 1. The van der Waals surface area contributed by atoms with E-state index in [2.05, 4.69) is 47.3 Å². The van der Waals surface area contributed by atoms with Crippen molar-refractivity contribution in [3.8, 4) is 35.5 Å². The zero-order valence-electron chi connectivity index (χ0n) is 17.1. The largest absolute Gasteiger partial charge is 0.368 e. The predicted molar refractivity (Wildman–Crippen MR) is 114 cm³/mol. The van der Waals surface area contributed by atoms with E-state index in [9.17, 15) is 4.79 Å². The molecule has 3 heteroatoms. The second-order valence-corrected chi connectivity index (χ2v) is 7.13. The van der Waals surface area contributed by atoms with Gasteiger partial charge in [-0.1, -0.05) is 62.7 Å². The van der Waals surface area contributed by atoms with Crippen LogP contribution in [0.5, 0.6) is 0 Å². The summed E-state index contributed by atoms with van der Waals surface area (Å²) in [4.78, 5) is 13.8. The molecule has 27 heavy (non-hydrogen) atoms. The Morgan fingerprint density at radius 3 is 2.04 bits per heavy atom. The highest BCUT2D eigenvalue weighted by Gasteiger charge is 2.25. The molecule has 1 amide bonds. The molecule has 1 fully saturated rings. The van der Waals surface area contributed by atoms with Gasteiger partial charge in [0.2, 0.25) is 5.91 Å². The number of hydrogen-bond acceptors (Lipinski definition) is 2. The zero-order valence-corrected chi connectivity index (χ0v) is 17.1. The fraction of sp³-hybridized carbons (Fsp3) is 0.708. The van der Waals surface area contributed by atoms with Crippen LogP contribution < -0.4 is 5.73 Å². The lowest BCUT2D eigenvalue weighted by Crippen LogP contribution is -2.43. The average Bonchev–Trinajstić information content (AvgIpc) is 3.18. The van der Waals surface area contributed by atoms with Crippen LogP contribution in [0.25, 0.3) is 0 Å². The summed E-state index contributed by atoms with van der Waals surface area (Å²) in [5.74, 6) is 18.4. The quantitative estimate of drug-likeness (QED) is 0.463. The van der Waals surface area contributed by atoms with E-state index in [1.165, 1.54) is 38.5 Å². The van der Waals surface area contributed by atoms with E-state index in [-0.39, 0.29) is 11.9 Å². The zero-order chi connectivity index (χ0) is 19.6. The Bertz CT molecular complexity index is 585. The number of carbonyl (C=O) groups excluding carboxylic acids is 1. The van der Waals surface area contributed by atoms with E-state index in [1.54, 1.807) is 0 Å². The van der Waals surface area contributed by atoms with E-state index >= 15 is 0 Å². The van der Waals surface area contributed by atoms with Gasteiger partial charge in [-0.25, -0.2) is 0 Å². The molecule has 1 heterocycles. The minimum Gasteiger partial charge on any atom is -0.368 e. The second kappa shape index (κ2) is 16.3. The van der Waals surface area contributed by atoms with E-state index in [0.717, 1.165) is 38.8 Å². The first-order valence-electron chi connectivity index (χ1n) is 10.7. The van der Waals surface area contributed by atoms with Crippen molar-refractivity contribution in [2.75, 3.05) is 13.1 Å². The molecule has 0 aliphatic carbocycles. The molecule has 3 nitrogen and oxygen atoms in total. The van der Waals surface area contributed by atoms with Gasteiger partial charge in [-0.2, -0.15) is 0 Å². The Balaban J connectivity index is 2.07. The van der Waals surface area contributed by atoms with Crippen molar-refractivity contribution in [2.45, 2.75) is 96.4 Å². The van der Waals surface area contributed by atoms with Crippen LogP contribution in [0.2, 0.25) is 0 Å². The molecule has 0 bridgehead atoms. The molecule has 1 aliphatic heterocycles. The molecule has 0 aromatic carbocycles. The number of carbonyl (C=O) groups is 1. The Labute approximate surface area is 166 Å². The third-order valence-electron chi connectivity index (χ3n) is 4.84. The third-order valence-corrected chi connectivity index (χ3v) is 4.84. The van der Waals surface area contributed by atoms with Crippen molar-refractivity contribution in [2.24, 2.45) is 5.73 Å². The van der Waals surface area contributed by atoms with Crippen LogP contribution in [0.15, 0.2) is 0 Å². The SMILES string of the molecule is CCCCCCCCC#CCC#CCC#CCCC(C(N)=O)N1CCCC1. The normalized spacial score (nSPS) is 14.3. The smallest absolute Gasteiger partial charge is 0.234 e. The van der Waals surface area contributed by atoms with E-state index in [4.69, 9.17) is 5.73 Å². The average molecular weight is 369 g/mol. The molecule has 1 aliphatic rings. The van der Waals surface area contributed by atoms with E-state index in [1.807, 2.05) is 0 Å². The fourth-order valence-corrected chi connectivity index (χ4v) is 3.28. The van der Waals surface area contributed by atoms with Gasteiger partial charge in [-0.05, 0) is 38.8 Å². The highest BCUT2D eigenvalue weighted by atomic mass is 16.1. The first-order valence-corrected chi connectivity index (χ1v) is 10.7. The third kappa shape index (κ3) is 12.2. The lowest BCUT2D eigenvalue weighted by Gasteiger charge is -2.23. The summed E-state index contributed by atoms with van der Waals surface area (Å²) in [6.45, 7) is 4.20. The molecular formula is C24H36N2O. The minimum atomic E-state index is -0.224. The summed E-state index contributed by atoms with van der Waals surface area (Å²) in [6.07, 6.45) is 13.8. The molecule has 2 N–H and O–H groups in total. The Morgan fingerprint density at radius 2 is 1.41 bits per heavy atom. The monoisotopic (exact) mass is 368 g/mol. The molecule has 1 saturated heterocycles. The molecule has 0 aromatic rings. The van der Waals surface area contributed by atoms with E-state index < -0.39 is 0 Å². The Kier molecular flexibility index (Phi) is 14.0. The van der Waals surface area contributed by atoms with Crippen molar-refractivity contribution >= 4 is 5.91 Å². The first kappa shape index (κ1) is 23.1. The molecule has 148 valence electrons. The molecule has 1 rings (SSSR count). The second-order valence-electron chi connectivity index (χ2n) is 7.13. The van der Waals surface area contributed by atoms with Crippen LogP contribution in [-0.2, 0) is 4.79 Å². The summed E-state index contributed by atoms with van der Waals surface area (Å²) in [6, 6.07) is -0.158. The summed E-state index contributed by atoms with van der Waals surface area (Å²) >= 11 is 0. The van der Waals surface area contributed by atoms with Gasteiger partial charge in [0.05, 0.1) is 18.9 Å². The maximum absolute atomic E-state index is 11.6. The van der Waals surface area contributed by atoms with Gasteiger partial charge in [0.25, 0.3) is 0 Å². The molecular weight excluding hydrogens is 332 g/mol. The summed E-state index contributed by atoms with van der Waals surface area (Å²) in [7, 11) is 0. The number of hydrogen-bond donors (Lipinski definition) is 1. The molecule has 0 saturated carbocycles. The fourth-order valence-electron chi connectivity index (χ4n) is 3.28. The van der Waals surface area contributed by atoms with Gasteiger partial charge in [-0.15, -0.1) is 11.8 Å². The Morgan fingerprint density at radius 1 is 0.852 bits per heavy atom. The molecule has 0 aromatic heterocycles. The van der Waals surface area contributed by atoms with Crippen LogP contribution >= 0.6 is 0 Å². The number of rotatable bonds is 10. The number of amides is 1. The van der Waals surface area contributed by atoms with Crippen LogP contribution in [0.4, 0.5) is 0 Å². The van der Waals surface area contributed by atoms with Crippen LogP contribution in [0.3, 0.4) is 0 Å². The summed E-state index contributed by atoms with van der Waals surface area (Å²) < 4.78 is 0. The highest BCUT2D eigenvalue weighted by molar-refractivity contribution is 5.79. The van der Waals surface area contributed by atoms with Gasteiger partial charge in [0.15, 0.2) is 0 Å². The Hall–Kier alpha value is -1.89. The standard InChI is InChI=1S/C24H36N2O/c1-2-3-4-5-6-7-8-9-10-11-12-13-14-15-16-17-20-23(24(25)27)26-21-18-19-22-26/h23H,2-8,11,14,17-22H2,1H3,(H2,25,27). The lowest BCUT2D eigenvalue weighted by molar-refractivity contribution is -0.123. The van der Waals surface area contributed by atoms with Gasteiger partial charge in [0, 0.05) is 12.8 Å². The lowest BCUT2D eigenvalue weighted by atomic mass is 10.1. The molecule has 0 radical (unpaired) electrons. The van der Waals surface area contributed by atoms with Gasteiger partial charge in [-0.3, -0.25) is 9.69 Å². The number of primary amides is 1.